The molecule has 1 aliphatic carbocycles. The third-order valence-electron chi connectivity index (χ3n) is 4.54. The maximum Gasteiger partial charge on any atom is 0.230 e. The highest BCUT2D eigenvalue weighted by atomic mass is 35.5. The Kier molecular flexibility index (Phi) is 7.65. The molecule has 0 heterocycles. The number of hydrogen-bond donors (Lipinski definition) is 1. The minimum absolute atomic E-state index is 0. The molecule has 1 aromatic rings. The van der Waals surface area contributed by atoms with Crippen LogP contribution in [0.4, 0.5) is 5.69 Å². The Bertz CT molecular complexity index is 525. The van der Waals surface area contributed by atoms with Crippen LogP contribution in [0.15, 0.2) is 18.2 Å². The lowest BCUT2D eigenvalue weighted by atomic mass is 9.94. The summed E-state index contributed by atoms with van der Waals surface area (Å²) in [6.07, 6.45) is 3.07. The molecule has 1 amide bonds. The van der Waals surface area contributed by atoms with Gasteiger partial charge in [0.25, 0.3) is 0 Å². The van der Waals surface area contributed by atoms with Gasteiger partial charge in [-0.15, -0.1) is 12.4 Å². The maximum atomic E-state index is 12.9. The normalized spacial score (nSPS) is 19.8. The van der Waals surface area contributed by atoms with Crippen LogP contribution in [0.5, 0.6) is 11.5 Å². The minimum Gasteiger partial charge on any atom is -0.493 e. The van der Waals surface area contributed by atoms with Crippen LogP contribution in [-0.4, -0.2) is 33.2 Å². The number of carbonyl (C=O) groups is 1. The summed E-state index contributed by atoms with van der Waals surface area (Å²) in [5, 5.41) is 0. The molecule has 6 heteroatoms. The van der Waals surface area contributed by atoms with Crippen molar-refractivity contribution in [3.8, 4) is 11.5 Å². The van der Waals surface area contributed by atoms with Crippen LogP contribution >= 0.6 is 12.4 Å². The number of ether oxygens (including phenoxy) is 2. The first-order valence-corrected chi connectivity index (χ1v) is 7.89. The Morgan fingerprint density at radius 3 is 2.52 bits per heavy atom. The Balaban J connectivity index is 0.00000264. The van der Waals surface area contributed by atoms with Gasteiger partial charge in [0.1, 0.15) is 0 Å². The third-order valence-corrected chi connectivity index (χ3v) is 4.54. The van der Waals surface area contributed by atoms with Crippen molar-refractivity contribution < 1.29 is 14.3 Å². The minimum atomic E-state index is 0. The summed E-state index contributed by atoms with van der Waals surface area (Å²) in [7, 11) is 3.20. The number of halogens is 1. The first kappa shape index (κ1) is 19.6. The molecule has 5 nitrogen and oxygen atoms in total. The van der Waals surface area contributed by atoms with Gasteiger partial charge in [-0.3, -0.25) is 4.79 Å². The van der Waals surface area contributed by atoms with Crippen molar-refractivity contribution in [1.29, 1.82) is 0 Å². The molecule has 1 aliphatic rings. The van der Waals surface area contributed by atoms with Crippen molar-refractivity contribution in [3.63, 3.8) is 0 Å². The Morgan fingerprint density at radius 2 is 1.96 bits per heavy atom. The van der Waals surface area contributed by atoms with Crippen molar-refractivity contribution in [2.75, 3.05) is 32.2 Å². The van der Waals surface area contributed by atoms with Crippen LogP contribution in [-0.2, 0) is 4.79 Å². The lowest BCUT2D eigenvalue weighted by Gasteiger charge is -2.27. The van der Waals surface area contributed by atoms with Crippen molar-refractivity contribution in [2.45, 2.75) is 26.2 Å². The Morgan fingerprint density at radius 1 is 1.26 bits per heavy atom. The fraction of sp³-hybridized carbons (Fsp3) is 0.588. The number of hydrogen-bond acceptors (Lipinski definition) is 4. The summed E-state index contributed by atoms with van der Waals surface area (Å²) < 4.78 is 10.6. The standard InChI is InChI=1S/C17H26N2O3.ClH/c1-4-19(17(20)14-7-5-6-12(14)11-18)13-8-9-15(21-2)16(10-13)22-3;/h8-10,12,14H,4-7,11,18H2,1-3H3;1H/t12-,14-;/m1./s1. The Labute approximate surface area is 144 Å². The van der Waals surface area contributed by atoms with E-state index in [1.165, 1.54) is 0 Å². The highest BCUT2D eigenvalue weighted by Gasteiger charge is 2.34. The quantitative estimate of drug-likeness (QED) is 0.863. The van der Waals surface area contributed by atoms with E-state index in [1.54, 1.807) is 14.2 Å². The lowest BCUT2D eigenvalue weighted by molar-refractivity contribution is -0.123. The van der Waals surface area contributed by atoms with E-state index in [2.05, 4.69) is 0 Å². The highest BCUT2D eigenvalue weighted by Crippen LogP contribution is 2.36. The zero-order chi connectivity index (χ0) is 16.1. The number of rotatable bonds is 6. The van der Waals surface area contributed by atoms with Crippen molar-refractivity contribution in [3.05, 3.63) is 18.2 Å². The third kappa shape index (κ3) is 4.09. The molecule has 2 atom stereocenters. The molecule has 0 spiro atoms. The number of nitrogens with two attached hydrogens (primary N) is 1. The van der Waals surface area contributed by atoms with E-state index in [0.717, 1.165) is 24.9 Å². The van der Waals surface area contributed by atoms with Gasteiger partial charge in [-0.2, -0.15) is 0 Å². The van der Waals surface area contributed by atoms with Crippen LogP contribution in [0.2, 0.25) is 0 Å². The zero-order valence-corrected chi connectivity index (χ0v) is 14.9. The molecule has 1 fully saturated rings. The fourth-order valence-corrected chi connectivity index (χ4v) is 3.30. The lowest BCUT2D eigenvalue weighted by Crippen LogP contribution is -2.39. The monoisotopic (exact) mass is 342 g/mol. The highest BCUT2D eigenvalue weighted by molar-refractivity contribution is 5.95. The van der Waals surface area contributed by atoms with Gasteiger partial charge < -0.3 is 20.1 Å². The summed E-state index contributed by atoms with van der Waals surface area (Å²) >= 11 is 0. The number of benzene rings is 1. The van der Waals surface area contributed by atoms with E-state index < -0.39 is 0 Å². The fourth-order valence-electron chi connectivity index (χ4n) is 3.30. The van der Waals surface area contributed by atoms with Crippen molar-refractivity contribution >= 4 is 24.0 Å². The summed E-state index contributed by atoms with van der Waals surface area (Å²) in [6, 6.07) is 5.58. The first-order chi connectivity index (χ1) is 10.7. The molecule has 0 aliphatic heterocycles. The van der Waals surface area contributed by atoms with Crippen LogP contribution < -0.4 is 20.1 Å². The SMILES string of the molecule is CCN(C(=O)[C@@H]1CCC[C@@H]1CN)c1ccc(OC)c(OC)c1.Cl. The van der Waals surface area contributed by atoms with Crippen molar-refractivity contribution in [1.82, 2.24) is 0 Å². The topological polar surface area (TPSA) is 64.8 Å². The van der Waals surface area contributed by atoms with Crippen LogP contribution in [0.3, 0.4) is 0 Å². The van der Waals surface area contributed by atoms with Crippen molar-refractivity contribution in [2.24, 2.45) is 17.6 Å². The van der Waals surface area contributed by atoms with Gasteiger partial charge in [0.2, 0.25) is 5.91 Å². The number of methoxy groups -OCH3 is 2. The molecule has 2 rings (SSSR count). The molecule has 1 saturated carbocycles. The van der Waals surface area contributed by atoms with E-state index in [1.807, 2.05) is 30.0 Å². The van der Waals surface area contributed by atoms with E-state index in [0.29, 0.717) is 30.5 Å². The second kappa shape index (κ2) is 8.99. The molecular weight excluding hydrogens is 316 g/mol. The second-order valence-corrected chi connectivity index (χ2v) is 5.65. The smallest absolute Gasteiger partial charge is 0.230 e. The first-order valence-electron chi connectivity index (χ1n) is 7.89. The Hall–Kier alpha value is -1.46. The molecule has 0 saturated heterocycles. The summed E-state index contributed by atoms with van der Waals surface area (Å²) in [6.45, 7) is 3.20. The molecular formula is C17H27ClN2O3. The molecule has 23 heavy (non-hydrogen) atoms. The largest absolute Gasteiger partial charge is 0.493 e. The van der Waals surface area contributed by atoms with Gasteiger partial charge >= 0.3 is 0 Å². The molecule has 0 unspecified atom stereocenters. The molecule has 1 aromatic carbocycles. The molecule has 0 radical (unpaired) electrons. The number of amides is 1. The average Bonchev–Trinajstić information content (AvgIpc) is 3.03. The second-order valence-electron chi connectivity index (χ2n) is 5.65. The van der Waals surface area contributed by atoms with E-state index >= 15 is 0 Å². The van der Waals surface area contributed by atoms with E-state index in [9.17, 15) is 4.79 Å². The van der Waals surface area contributed by atoms with E-state index in [4.69, 9.17) is 15.2 Å². The summed E-state index contributed by atoms with van der Waals surface area (Å²) in [5.74, 6) is 1.81. The van der Waals surface area contributed by atoms with Crippen LogP contribution in [0.25, 0.3) is 0 Å². The summed E-state index contributed by atoms with van der Waals surface area (Å²) in [5.41, 5.74) is 6.66. The number of carbonyl (C=O) groups excluding carboxylic acids is 1. The number of nitrogens with zero attached hydrogens (tertiary/aromatic N) is 1. The molecule has 130 valence electrons. The van der Waals surface area contributed by atoms with Crippen LogP contribution in [0, 0.1) is 11.8 Å². The maximum absolute atomic E-state index is 12.9. The average molecular weight is 343 g/mol. The van der Waals surface area contributed by atoms with Crippen LogP contribution in [0.1, 0.15) is 26.2 Å². The van der Waals surface area contributed by atoms with Gasteiger partial charge in [-0.05, 0) is 44.4 Å². The van der Waals surface area contributed by atoms with Gasteiger partial charge in [0, 0.05) is 24.2 Å². The molecule has 0 bridgehead atoms. The molecule has 2 N–H and O–H groups in total. The van der Waals surface area contributed by atoms with Gasteiger partial charge in [-0.1, -0.05) is 6.42 Å². The van der Waals surface area contributed by atoms with Gasteiger partial charge in [0.05, 0.1) is 14.2 Å². The molecule has 0 aromatic heterocycles. The van der Waals surface area contributed by atoms with E-state index in [-0.39, 0.29) is 24.2 Å². The summed E-state index contributed by atoms with van der Waals surface area (Å²) in [4.78, 5) is 14.7. The van der Waals surface area contributed by atoms with Gasteiger partial charge in [-0.25, -0.2) is 0 Å². The predicted octanol–water partition coefficient (Wildman–Crippen LogP) is 2.85. The number of anilines is 1. The zero-order valence-electron chi connectivity index (χ0n) is 14.1. The van der Waals surface area contributed by atoms with Gasteiger partial charge in [0.15, 0.2) is 11.5 Å². The predicted molar refractivity (Wildman–Crippen MR) is 94.7 cm³/mol.